The molecule has 4 nitrogen and oxygen atoms in total. The van der Waals surface area contributed by atoms with E-state index in [1.165, 1.54) is 5.69 Å². The Morgan fingerprint density at radius 2 is 2.12 bits per heavy atom. The van der Waals surface area contributed by atoms with Gasteiger partial charge in [0.05, 0.1) is 18.1 Å². The van der Waals surface area contributed by atoms with Gasteiger partial charge < -0.3 is 14.6 Å². The first-order valence-electron chi connectivity index (χ1n) is 8.31. The van der Waals surface area contributed by atoms with Gasteiger partial charge in [0.1, 0.15) is 5.75 Å². The summed E-state index contributed by atoms with van der Waals surface area (Å²) in [6, 6.07) is 9.75. The third-order valence-electron chi connectivity index (χ3n) is 3.98. The Morgan fingerprint density at radius 3 is 2.79 bits per heavy atom. The number of nitrogens with zero attached hydrogens (tertiary/aromatic N) is 1. The minimum Gasteiger partial charge on any atom is -0.492 e. The predicted octanol–water partition coefficient (Wildman–Crippen LogP) is 3.76. The van der Waals surface area contributed by atoms with Gasteiger partial charge in [0.2, 0.25) is 5.91 Å². The summed E-state index contributed by atoms with van der Waals surface area (Å²) in [5, 5.41) is 3.59. The standard InChI is InChI=1S/C19H25ClN2O2/c1-4-24-19-15(7-5-9-17(19)20)13-18(23)21-14(2)10-11-16-8-6-12-22(16)3/h5-9,12,14H,4,10-11,13H2,1-3H3,(H,21,23)/t14-/m1/s1. The lowest BCUT2D eigenvalue weighted by Crippen LogP contribution is -2.34. The van der Waals surface area contributed by atoms with Crippen LogP contribution in [0.4, 0.5) is 0 Å². The van der Waals surface area contributed by atoms with Gasteiger partial charge in [-0.05, 0) is 44.9 Å². The van der Waals surface area contributed by atoms with Crippen molar-refractivity contribution in [3.05, 3.63) is 52.8 Å². The second-order valence-corrected chi connectivity index (χ2v) is 6.36. The van der Waals surface area contributed by atoms with Crippen LogP contribution in [0, 0.1) is 0 Å². The third kappa shape index (κ3) is 5.03. The summed E-state index contributed by atoms with van der Waals surface area (Å²) >= 11 is 6.16. The molecule has 5 heteroatoms. The number of ether oxygens (including phenoxy) is 1. The predicted molar refractivity (Wildman–Crippen MR) is 97.7 cm³/mol. The third-order valence-corrected chi connectivity index (χ3v) is 4.28. The number of amides is 1. The van der Waals surface area contributed by atoms with Crippen LogP contribution < -0.4 is 10.1 Å². The fraction of sp³-hybridized carbons (Fsp3) is 0.421. The lowest BCUT2D eigenvalue weighted by Gasteiger charge is -2.16. The molecule has 1 amide bonds. The minimum atomic E-state index is -0.0161. The molecule has 2 rings (SSSR count). The number of benzene rings is 1. The second kappa shape index (κ2) is 8.78. The molecule has 1 N–H and O–H groups in total. The molecule has 2 aromatic rings. The Morgan fingerprint density at radius 1 is 1.33 bits per heavy atom. The van der Waals surface area contributed by atoms with Crippen molar-refractivity contribution >= 4 is 17.5 Å². The highest BCUT2D eigenvalue weighted by Crippen LogP contribution is 2.29. The normalized spacial score (nSPS) is 12.0. The molecule has 0 saturated heterocycles. The zero-order chi connectivity index (χ0) is 17.5. The van der Waals surface area contributed by atoms with Gasteiger partial charge in [-0.15, -0.1) is 0 Å². The number of rotatable bonds is 8. The van der Waals surface area contributed by atoms with Crippen LogP contribution in [-0.2, 0) is 24.7 Å². The molecule has 24 heavy (non-hydrogen) atoms. The van der Waals surface area contributed by atoms with Gasteiger partial charge in [0.15, 0.2) is 0 Å². The van der Waals surface area contributed by atoms with E-state index in [4.69, 9.17) is 16.3 Å². The van der Waals surface area contributed by atoms with E-state index in [9.17, 15) is 4.79 Å². The van der Waals surface area contributed by atoms with Crippen LogP contribution in [0.1, 0.15) is 31.5 Å². The Balaban J connectivity index is 1.89. The molecule has 1 atom stereocenters. The maximum absolute atomic E-state index is 12.3. The van der Waals surface area contributed by atoms with Crippen LogP contribution >= 0.6 is 11.6 Å². The first-order valence-corrected chi connectivity index (χ1v) is 8.68. The molecule has 0 aliphatic rings. The summed E-state index contributed by atoms with van der Waals surface area (Å²) in [5.41, 5.74) is 2.08. The van der Waals surface area contributed by atoms with E-state index in [0.717, 1.165) is 18.4 Å². The largest absolute Gasteiger partial charge is 0.492 e. The Hall–Kier alpha value is -1.94. The highest BCUT2D eigenvalue weighted by molar-refractivity contribution is 6.32. The molecule has 0 spiro atoms. The van der Waals surface area contributed by atoms with Crippen molar-refractivity contribution in [1.29, 1.82) is 0 Å². The van der Waals surface area contributed by atoms with Crippen molar-refractivity contribution in [2.75, 3.05) is 6.61 Å². The summed E-state index contributed by atoms with van der Waals surface area (Å²) in [6.07, 6.45) is 4.14. The molecule has 1 heterocycles. The lowest BCUT2D eigenvalue weighted by molar-refractivity contribution is -0.121. The van der Waals surface area contributed by atoms with E-state index in [-0.39, 0.29) is 18.4 Å². The molecule has 0 radical (unpaired) electrons. The van der Waals surface area contributed by atoms with Crippen LogP contribution in [-0.4, -0.2) is 23.1 Å². The molecular weight excluding hydrogens is 324 g/mol. The van der Waals surface area contributed by atoms with Gasteiger partial charge in [0, 0.05) is 30.5 Å². The van der Waals surface area contributed by atoms with Crippen LogP contribution in [0.5, 0.6) is 5.75 Å². The average molecular weight is 349 g/mol. The maximum Gasteiger partial charge on any atom is 0.224 e. The van der Waals surface area contributed by atoms with Gasteiger partial charge in [-0.1, -0.05) is 23.7 Å². The van der Waals surface area contributed by atoms with Crippen molar-refractivity contribution in [2.45, 2.75) is 39.2 Å². The van der Waals surface area contributed by atoms with Gasteiger partial charge in [0.25, 0.3) is 0 Å². The first-order chi connectivity index (χ1) is 11.5. The number of nitrogens with one attached hydrogen (secondary N) is 1. The number of para-hydroxylation sites is 1. The number of carbonyl (C=O) groups excluding carboxylic acids is 1. The van der Waals surface area contributed by atoms with Crippen molar-refractivity contribution in [1.82, 2.24) is 9.88 Å². The zero-order valence-corrected chi connectivity index (χ0v) is 15.3. The molecular formula is C19H25ClN2O2. The first kappa shape index (κ1) is 18.4. The van der Waals surface area contributed by atoms with Crippen molar-refractivity contribution in [3.8, 4) is 5.75 Å². The second-order valence-electron chi connectivity index (χ2n) is 5.96. The number of aryl methyl sites for hydroxylation is 2. The van der Waals surface area contributed by atoms with Gasteiger partial charge in [-0.25, -0.2) is 0 Å². The van der Waals surface area contributed by atoms with E-state index < -0.39 is 0 Å². The lowest BCUT2D eigenvalue weighted by atomic mass is 10.1. The van der Waals surface area contributed by atoms with Crippen LogP contribution in [0.25, 0.3) is 0 Å². The molecule has 1 aromatic carbocycles. The quantitative estimate of drug-likeness (QED) is 0.789. The monoisotopic (exact) mass is 348 g/mol. The van der Waals surface area contributed by atoms with E-state index in [2.05, 4.69) is 16.0 Å². The van der Waals surface area contributed by atoms with Crippen LogP contribution in [0.2, 0.25) is 5.02 Å². The molecule has 0 aliphatic carbocycles. The number of hydrogen-bond acceptors (Lipinski definition) is 2. The molecule has 0 aliphatic heterocycles. The minimum absolute atomic E-state index is 0.0161. The Labute approximate surface area is 148 Å². The number of hydrogen-bond donors (Lipinski definition) is 1. The number of aromatic nitrogens is 1. The topological polar surface area (TPSA) is 43.3 Å². The van der Waals surface area contributed by atoms with Gasteiger partial charge in [-0.3, -0.25) is 4.79 Å². The summed E-state index contributed by atoms with van der Waals surface area (Å²) in [6.45, 7) is 4.45. The van der Waals surface area contributed by atoms with Gasteiger partial charge in [-0.2, -0.15) is 0 Å². The Bertz CT molecular complexity index is 682. The summed E-state index contributed by atoms with van der Waals surface area (Å²) in [4.78, 5) is 12.3. The van der Waals surface area contributed by atoms with Crippen molar-refractivity contribution in [2.24, 2.45) is 7.05 Å². The van der Waals surface area contributed by atoms with E-state index in [0.29, 0.717) is 17.4 Å². The van der Waals surface area contributed by atoms with Gasteiger partial charge >= 0.3 is 0 Å². The number of halogens is 1. The molecule has 130 valence electrons. The van der Waals surface area contributed by atoms with Crippen molar-refractivity contribution in [3.63, 3.8) is 0 Å². The average Bonchev–Trinajstić information content (AvgIpc) is 2.94. The Kier molecular flexibility index (Phi) is 6.73. The SMILES string of the molecule is CCOc1c(Cl)cccc1CC(=O)N[C@H](C)CCc1cccn1C. The van der Waals surface area contributed by atoms with Crippen LogP contribution in [0.15, 0.2) is 36.5 Å². The summed E-state index contributed by atoms with van der Waals surface area (Å²) in [7, 11) is 2.03. The fourth-order valence-electron chi connectivity index (χ4n) is 2.69. The number of carbonyl (C=O) groups is 1. The summed E-state index contributed by atoms with van der Waals surface area (Å²) < 4.78 is 7.67. The van der Waals surface area contributed by atoms with Crippen molar-refractivity contribution < 1.29 is 9.53 Å². The molecule has 0 unspecified atom stereocenters. The highest BCUT2D eigenvalue weighted by atomic mass is 35.5. The maximum atomic E-state index is 12.3. The zero-order valence-electron chi connectivity index (χ0n) is 14.5. The molecule has 0 fully saturated rings. The van der Waals surface area contributed by atoms with E-state index in [1.807, 2.05) is 45.3 Å². The van der Waals surface area contributed by atoms with E-state index in [1.54, 1.807) is 6.07 Å². The van der Waals surface area contributed by atoms with Crippen LogP contribution in [0.3, 0.4) is 0 Å². The molecule has 1 aromatic heterocycles. The molecule has 0 saturated carbocycles. The summed E-state index contributed by atoms with van der Waals surface area (Å²) in [5.74, 6) is 0.589. The van der Waals surface area contributed by atoms with E-state index >= 15 is 0 Å². The fourth-order valence-corrected chi connectivity index (χ4v) is 2.94. The highest BCUT2D eigenvalue weighted by Gasteiger charge is 2.14. The molecule has 0 bridgehead atoms. The smallest absolute Gasteiger partial charge is 0.224 e.